The Morgan fingerprint density at radius 3 is 2.25 bits per heavy atom. The van der Waals surface area contributed by atoms with Crippen LogP contribution in [0, 0.1) is 0 Å². The fraction of sp³-hybridized carbons (Fsp3) is 0.0870. The molecule has 32 heavy (non-hydrogen) atoms. The molecule has 0 amide bonds. The molecule has 162 valence electrons. The zero-order valence-electron chi connectivity index (χ0n) is 17.1. The van der Waals surface area contributed by atoms with Crippen molar-refractivity contribution in [1.29, 1.82) is 0 Å². The zero-order valence-corrected chi connectivity index (χ0v) is 18.7. The van der Waals surface area contributed by atoms with Crippen LogP contribution >= 0.6 is 11.6 Å². The Labute approximate surface area is 190 Å². The number of hydrogen-bond donors (Lipinski definition) is 0. The monoisotopic (exact) mass is 466 g/mol. The van der Waals surface area contributed by atoms with Crippen molar-refractivity contribution in [3.63, 3.8) is 0 Å². The smallest absolute Gasteiger partial charge is 0.264 e. The predicted molar refractivity (Wildman–Crippen MR) is 123 cm³/mol. The molecule has 9 heteroatoms. The Bertz CT molecular complexity index is 1340. The van der Waals surface area contributed by atoms with Crippen LogP contribution in [0.5, 0.6) is 0 Å². The van der Waals surface area contributed by atoms with Crippen molar-refractivity contribution in [3.8, 4) is 5.69 Å². The van der Waals surface area contributed by atoms with Gasteiger partial charge in [-0.25, -0.2) is 13.1 Å². The van der Waals surface area contributed by atoms with Crippen LogP contribution in [0.15, 0.2) is 90.0 Å². The Morgan fingerprint density at radius 1 is 0.969 bits per heavy atom. The lowest BCUT2D eigenvalue weighted by molar-refractivity contribution is 0.101. The van der Waals surface area contributed by atoms with E-state index in [4.69, 9.17) is 11.6 Å². The van der Waals surface area contributed by atoms with Gasteiger partial charge < -0.3 is 0 Å². The molecule has 0 spiro atoms. The van der Waals surface area contributed by atoms with Gasteiger partial charge in [0.2, 0.25) is 0 Å². The Hall–Kier alpha value is -3.49. The van der Waals surface area contributed by atoms with Gasteiger partial charge >= 0.3 is 0 Å². The summed E-state index contributed by atoms with van der Waals surface area (Å²) in [6.45, 7) is 1.42. The van der Waals surface area contributed by atoms with E-state index in [1.165, 1.54) is 23.4 Å². The fourth-order valence-electron chi connectivity index (χ4n) is 3.14. The first-order valence-corrected chi connectivity index (χ1v) is 11.5. The molecule has 4 aromatic rings. The zero-order chi connectivity index (χ0) is 22.7. The summed E-state index contributed by atoms with van der Waals surface area (Å²) in [5, 5.41) is 8.87. The minimum Gasteiger partial charge on any atom is -0.295 e. The van der Waals surface area contributed by atoms with Gasteiger partial charge in [0, 0.05) is 10.6 Å². The second-order valence-corrected chi connectivity index (χ2v) is 9.36. The summed E-state index contributed by atoms with van der Waals surface area (Å²) in [6.07, 6.45) is 1.67. The van der Waals surface area contributed by atoms with Crippen molar-refractivity contribution < 1.29 is 13.2 Å². The third-order valence-electron chi connectivity index (χ3n) is 4.83. The van der Waals surface area contributed by atoms with Crippen molar-refractivity contribution in [2.24, 2.45) is 0 Å². The molecule has 0 radical (unpaired) electrons. The average molecular weight is 467 g/mol. The lowest BCUT2D eigenvalue weighted by Gasteiger charge is -2.23. The highest BCUT2D eigenvalue weighted by Gasteiger charge is 2.26. The van der Waals surface area contributed by atoms with Crippen LogP contribution in [0.3, 0.4) is 0 Å². The van der Waals surface area contributed by atoms with Crippen molar-refractivity contribution in [2.75, 3.05) is 4.31 Å². The van der Waals surface area contributed by atoms with Crippen molar-refractivity contribution in [3.05, 3.63) is 101 Å². The molecule has 0 unspecified atom stereocenters. The quantitative estimate of drug-likeness (QED) is 0.374. The maximum atomic E-state index is 13.5. The summed E-state index contributed by atoms with van der Waals surface area (Å²) in [5.74, 6) is -0.0973. The van der Waals surface area contributed by atoms with Gasteiger partial charge in [0.05, 0.1) is 29.0 Å². The SMILES string of the molecule is CC(=O)c1ccc(N(Cc2cn(-c3ccc(Cl)cc3)nn2)S(=O)(=O)c2ccccc2)cc1. The molecule has 1 heterocycles. The van der Waals surface area contributed by atoms with E-state index in [2.05, 4.69) is 10.3 Å². The van der Waals surface area contributed by atoms with Gasteiger partial charge in [-0.05, 0) is 67.6 Å². The molecular weight excluding hydrogens is 448 g/mol. The molecule has 0 atom stereocenters. The molecular formula is C23H19ClN4O3S. The number of ketones is 1. The standard InChI is InChI=1S/C23H19ClN4O3S/c1-17(29)18-7-11-22(12-8-18)28(32(30,31)23-5-3-2-4-6-23)16-20-15-27(26-25-20)21-13-9-19(24)10-14-21/h2-15H,16H2,1H3. The largest absolute Gasteiger partial charge is 0.295 e. The van der Waals surface area contributed by atoms with Crippen LogP contribution in [-0.4, -0.2) is 29.2 Å². The number of Topliss-reactive ketones (excluding diaryl/α,β-unsaturated/α-hetero) is 1. The van der Waals surface area contributed by atoms with E-state index in [0.717, 1.165) is 5.69 Å². The van der Waals surface area contributed by atoms with E-state index >= 15 is 0 Å². The van der Waals surface area contributed by atoms with E-state index in [1.807, 2.05) is 0 Å². The second kappa shape index (κ2) is 8.94. The molecule has 3 aromatic carbocycles. The average Bonchev–Trinajstić information content (AvgIpc) is 3.27. The number of anilines is 1. The summed E-state index contributed by atoms with van der Waals surface area (Å²) in [5.41, 5.74) is 2.12. The highest BCUT2D eigenvalue weighted by Crippen LogP contribution is 2.26. The molecule has 0 aliphatic heterocycles. The number of carbonyl (C=O) groups is 1. The number of aromatic nitrogens is 3. The first-order chi connectivity index (χ1) is 15.3. The molecule has 1 aromatic heterocycles. The molecule has 0 aliphatic rings. The van der Waals surface area contributed by atoms with Gasteiger partial charge in [-0.1, -0.05) is 35.0 Å². The number of halogens is 1. The van der Waals surface area contributed by atoms with E-state index in [1.54, 1.807) is 77.6 Å². The highest BCUT2D eigenvalue weighted by molar-refractivity contribution is 7.92. The highest BCUT2D eigenvalue weighted by atomic mass is 35.5. The van der Waals surface area contributed by atoms with E-state index < -0.39 is 10.0 Å². The topological polar surface area (TPSA) is 85.2 Å². The lowest BCUT2D eigenvalue weighted by atomic mass is 10.1. The van der Waals surface area contributed by atoms with Crippen LogP contribution in [0.2, 0.25) is 5.02 Å². The maximum absolute atomic E-state index is 13.5. The summed E-state index contributed by atoms with van der Waals surface area (Å²) < 4.78 is 29.7. The summed E-state index contributed by atoms with van der Waals surface area (Å²) in [6, 6.07) is 21.7. The first kappa shape index (κ1) is 21.7. The van der Waals surface area contributed by atoms with Crippen LogP contribution in [0.4, 0.5) is 5.69 Å². The van der Waals surface area contributed by atoms with Gasteiger partial charge in [-0.2, -0.15) is 0 Å². The van der Waals surface area contributed by atoms with E-state index in [-0.39, 0.29) is 17.2 Å². The number of carbonyl (C=O) groups excluding carboxylic acids is 1. The molecule has 0 saturated carbocycles. The molecule has 0 aliphatic carbocycles. The van der Waals surface area contributed by atoms with E-state index in [0.29, 0.717) is 22.0 Å². The van der Waals surface area contributed by atoms with Gasteiger partial charge in [-0.3, -0.25) is 9.10 Å². The third-order valence-corrected chi connectivity index (χ3v) is 6.87. The number of benzene rings is 3. The Balaban J connectivity index is 1.71. The third kappa shape index (κ3) is 4.56. The molecule has 0 saturated heterocycles. The number of rotatable bonds is 7. The summed E-state index contributed by atoms with van der Waals surface area (Å²) >= 11 is 5.94. The van der Waals surface area contributed by atoms with Crippen LogP contribution in [0.1, 0.15) is 23.0 Å². The fourth-order valence-corrected chi connectivity index (χ4v) is 4.72. The normalized spacial score (nSPS) is 11.3. The van der Waals surface area contributed by atoms with Gasteiger partial charge in [0.15, 0.2) is 5.78 Å². The van der Waals surface area contributed by atoms with Crippen LogP contribution in [0.25, 0.3) is 5.69 Å². The Kier molecular flexibility index (Phi) is 6.07. The number of sulfonamides is 1. The number of nitrogens with zero attached hydrogens (tertiary/aromatic N) is 4. The minimum absolute atomic E-state index is 0.0375. The number of hydrogen-bond acceptors (Lipinski definition) is 5. The van der Waals surface area contributed by atoms with Gasteiger partial charge in [0.1, 0.15) is 5.69 Å². The molecule has 7 nitrogen and oxygen atoms in total. The minimum atomic E-state index is -3.89. The first-order valence-electron chi connectivity index (χ1n) is 9.70. The summed E-state index contributed by atoms with van der Waals surface area (Å²) in [4.78, 5) is 11.8. The maximum Gasteiger partial charge on any atom is 0.264 e. The molecule has 4 rings (SSSR count). The Morgan fingerprint density at radius 2 is 1.62 bits per heavy atom. The molecule has 0 fully saturated rings. The van der Waals surface area contributed by atoms with Crippen molar-refractivity contribution in [1.82, 2.24) is 15.0 Å². The van der Waals surface area contributed by atoms with Crippen LogP contribution < -0.4 is 4.31 Å². The van der Waals surface area contributed by atoms with Gasteiger partial charge in [0.25, 0.3) is 10.0 Å². The van der Waals surface area contributed by atoms with Crippen molar-refractivity contribution >= 4 is 33.1 Å². The van der Waals surface area contributed by atoms with Crippen molar-refractivity contribution in [2.45, 2.75) is 18.4 Å². The molecule has 0 N–H and O–H groups in total. The molecule has 0 bridgehead atoms. The van der Waals surface area contributed by atoms with E-state index in [9.17, 15) is 13.2 Å². The predicted octanol–water partition coefficient (Wildman–Crippen LogP) is 4.52. The lowest BCUT2D eigenvalue weighted by Crippen LogP contribution is -2.30. The second-order valence-electron chi connectivity index (χ2n) is 7.06. The summed E-state index contributed by atoms with van der Waals surface area (Å²) in [7, 11) is -3.89. The van der Waals surface area contributed by atoms with Crippen LogP contribution in [-0.2, 0) is 16.6 Å². The van der Waals surface area contributed by atoms with Gasteiger partial charge in [-0.15, -0.1) is 5.10 Å².